The zero-order chi connectivity index (χ0) is 23.0. The maximum Gasteiger partial charge on any atom is 0.338 e. The first kappa shape index (κ1) is 25.6. The number of hydrogen-bond acceptors (Lipinski definition) is 4. The summed E-state index contributed by atoms with van der Waals surface area (Å²) in [5.41, 5.74) is 1.18. The average molecular weight is 439 g/mol. The van der Waals surface area contributed by atoms with Crippen molar-refractivity contribution >= 4 is 11.9 Å². The average Bonchev–Trinajstić information content (AvgIpc) is 2.84. The van der Waals surface area contributed by atoms with E-state index >= 15 is 0 Å². The molecule has 0 saturated carbocycles. The molecule has 0 spiro atoms. The molecule has 0 amide bonds. The van der Waals surface area contributed by atoms with Crippen molar-refractivity contribution in [2.45, 2.75) is 65.2 Å². The summed E-state index contributed by atoms with van der Waals surface area (Å²) in [5, 5.41) is 0. The van der Waals surface area contributed by atoms with Gasteiger partial charge in [-0.25, -0.2) is 9.59 Å². The second kappa shape index (κ2) is 15.2. The monoisotopic (exact) mass is 438 g/mol. The predicted molar refractivity (Wildman–Crippen MR) is 129 cm³/mol. The first-order valence-corrected chi connectivity index (χ1v) is 12.1. The van der Waals surface area contributed by atoms with Gasteiger partial charge in [0.15, 0.2) is 0 Å². The molecule has 0 aromatic heterocycles. The summed E-state index contributed by atoms with van der Waals surface area (Å²) in [6.45, 7) is 5.26. The number of benzene rings is 2. The van der Waals surface area contributed by atoms with Crippen LogP contribution in [0.15, 0.2) is 60.7 Å². The van der Waals surface area contributed by atoms with Crippen LogP contribution in [0, 0.1) is 11.8 Å². The zero-order valence-electron chi connectivity index (χ0n) is 19.6. The van der Waals surface area contributed by atoms with Gasteiger partial charge in [0.1, 0.15) is 0 Å². The van der Waals surface area contributed by atoms with Gasteiger partial charge in [0.25, 0.3) is 0 Å². The number of hydrogen-bond donors (Lipinski definition) is 0. The second-order valence-electron chi connectivity index (χ2n) is 8.39. The van der Waals surface area contributed by atoms with Crippen LogP contribution < -0.4 is 0 Å². The molecule has 174 valence electrons. The maximum absolute atomic E-state index is 12.3. The summed E-state index contributed by atoms with van der Waals surface area (Å²) >= 11 is 0. The highest BCUT2D eigenvalue weighted by Crippen LogP contribution is 2.30. The molecule has 0 saturated heterocycles. The van der Waals surface area contributed by atoms with Crippen LogP contribution in [0.1, 0.15) is 85.9 Å². The highest BCUT2D eigenvalue weighted by molar-refractivity contribution is 5.89. The molecule has 2 aromatic carbocycles. The Kier molecular flexibility index (Phi) is 12.2. The first-order chi connectivity index (χ1) is 15.7. The summed E-state index contributed by atoms with van der Waals surface area (Å²) in [6.07, 6.45) is 8.51. The Morgan fingerprint density at radius 1 is 0.625 bits per heavy atom. The van der Waals surface area contributed by atoms with E-state index < -0.39 is 0 Å². The third kappa shape index (κ3) is 9.25. The van der Waals surface area contributed by atoms with Crippen molar-refractivity contribution in [3.8, 4) is 0 Å². The van der Waals surface area contributed by atoms with E-state index in [0.29, 0.717) is 36.2 Å². The summed E-state index contributed by atoms with van der Waals surface area (Å²) in [6, 6.07) is 18.3. The molecule has 0 aliphatic rings. The molecule has 2 rings (SSSR count). The van der Waals surface area contributed by atoms with Gasteiger partial charge in [0.05, 0.1) is 24.3 Å². The number of esters is 2. The molecule has 0 heterocycles. The van der Waals surface area contributed by atoms with Crippen molar-refractivity contribution in [3.63, 3.8) is 0 Å². The molecule has 0 aliphatic heterocycles. The van der Waals surface area contributed by atoms with Crippen molar-refractivity contribution in [1.82, 2.24) is 0 Å². The summed E-state index contributed by atoms with van der Waals surface area (Å²) < 4.78 is 11.1. The number of carbonyl (C=O) groups excluding carboxylic acids is 2. The van der Waals surface area contributed by atoms with Gasteiger partial charge >= 0.3 is 11.9 Å². The molecular weight excluding hydrogens is 400 g/mol. The molecule has 2 atom stereocenters. The van der Waals surface area contributed by atoms with Crippen molar-refractivity contribution < 1.29 is 19.1 Å². The molecule has 0 bridgehead atoms. The number of carbonyl (C=O) groups is 2. The van der Waals surface area contributed by atoms with E-state index in [9.17, 15) is 9.59 Å². The second-order valence-corrected chi connectivity index (χ2v) is 8.39. The topological polar surface area (TPSA) is 52.6 Å². The molecule has 4 heteroatoms. The Balaban J connectivity index is 1.90. The summed E-state index contributed by atoms with van der Waals surface area (Å²) in [5.74, 6) is 0.393. The van der Waals surface area contributed by atoms with E-state index in [1.807, 2.05) is 36.4 Å². The van der Waals surface area contributed by atoms with E-state index in [1.54, 1.807) is 24.3 Å². The Morgan fingerprint density at radius 2 is 1.00 bits per heavy atom. The third-order valence-electron chi connectivity index (χ3n) is 5.99. The zero-order valence-corrected chi connectivity index (χ0v) is 19.6. The molecule has 4 nitrogen and oxygen atoms in total. The van der Waals surface area contributed by atoms with Gasteiger partial charge in [-0.1, -0.05) is 88.8 Å². The Hall–Kier alpha value is -2.62. The lowest BCUT2D eigenvalue weighted by molar-refractivity contribution is 0.0405. The number of rotatable bonds is 15. The molecule has 32 heavy (non-hydrogen) atoms. The molecule has 0 N–H and O–H groups in total. The van der Waals surface area contributed by atoms with E-state index in [2.05, 4.69) is 13.8 Å². The standard InChI is InChI=1S/C28H38O4/c1-3-5-13-23(19-21-31-27(29)25-15-9-7-10-16-25)24(14-6-4-2)20-22-32-28(30)26-17-11-8-12-18-26/h7-12,15-18,23-24H,3-6,13-14,19-22H2,1-2H3. The Labute approximate surface area is 193 Å². The first-order valence-electron chi connectivity index (χ1n) is 12.1. The van der Waals surface area contributed by atoms with Crippen LogP contribution in [0.3, 0.4) is 0 Å². The lowest BCUT2D eigenvalue weighted by atomic mass is 9.80. The molecule has 2 unspecified atom stereocenters. The van der Waals surface area contributed by atoms with Gasteiger partial charge in [0, 0.05) is 0 Å². The third-order valence-corrected chi connectivity index (χ3v) is 5.99. The fourth-order valence-electron chi connectivity index (χ4n) is 4.09. The van der Waals surface area contributed by atoms with Gasteiger partial charge in [-0.15, -0.1) is 0 Å². The highest BCUT2D eigenvalue weighted by atomic mass is 16.5. The van der Waals surface area contributed by atoms with Gasteiger partial charge in [-0.05, 0) is 48.9 Å². The summed E-state index contributed by atoms with van der Waals surface area (Å²) in [7, 11) is 0. The Bertz CT molecular complexity index is 705. The van der Waals surface area contributed by atoms with Crippen LogP contribution >= 0.6 is 0 Å². The lowest BCUT2D eigenvalue weighted by Crippen LogP contribution is -2.21. The number of unbranched alkanes of at least 4 members (excludes halogenated alkanes) is 2. The molecule has 0 radical (unpaired) electrons. The van der Waals surface area contributed by atoms with Gasteiger partial charge in [-0.2, -0.15) is 0 Å². The fourth-order valence-corrected chi connectivity index (χ4v) is 4.09. The van der Waals surface area contributed by atoms with E-state index in [0.717, 1.165) is 51.4 Å². The minimum atomic E-state index is -0.262. The lowest BCUT2D eigenvalue weighted by Gasteiger charge is -2.27. The minimum Gasteiger partial charge on any atom is -0.462 e. The van der Waals surface area contributed by atoms with Gasteiger partial charge < -0.3 is 9.47 Å². The number of ether oxygens (including phenoxy) is 2. The normalized spacial score (nSPS) is 12.7. The van der Waals surface area contributed by atoms with Gasteiger partial charge in [-0.3, -0.25) is 0 Å². The van der Waals surface area contributed by atoms with Crippen molar-refractivity contribution in [3.05, 3.63) is 71.8 Å². The quantitative estimate of drug-likeness (QED) is 0.278. The Morgan fingerprint density at radius 3 is 1.34 bits per heavy atom. The molecular formula is C28H38O4. The van der Waals surface area contributed by atoms with Crippen LogP contribution in [0.5, 0.6) is 0 Å². The highest BCUT2D eigenvalue weighted by Gasteiger charge is 2.22. The van der Waals surface area contributed by atoms with E-state index in [4.69, 9.17) is 9.47 Å². The van der Waals surface area contributed by atoms with E-state index in [1.165, 1.54) is 0 Å². The van der Waals surface area contributed by atoms with Crippen molar-refractivity contribution in [2.75, 3.05) is 13.2 Å². The van der Waals surface area contributed by atoms with Crippen LogP contribution in [-0.4, -0.2) is 25.2 Å². The maximum atomic E-state index is 12.3. The van der Waals surface area contributed by atoms with Crippen molar-refractivity contribution in [1.29, 1.82) is 0 Å². The largest absolute Gasteiger partial charge is 0.462 e. The smallest absolute Gasteiger partial charge is 0.338 e. The predicted octanol–water partition coefficient (Wildman–Crippen LogP) is 7.09. The SMILES string of the molecule is CCCCC(CCOC(=O)c1ccccc1)C(CCCC)CCOC(=O)c1ccccc1. The molecule has 0 fully saturated rings. The minimum absolute atomic E-state index is 0.262. The molecule has 2 aromatic rings. The van der Waals surface area contributed by atoms with Crippen LogP contribution in [0.4, 0.5) is 0 Å². The fraction of sp³-hybridized carbons (Fsp3) is 0.500. The van der Waals surface area contributed by atoms with Crippen LogP contribution in [0.25, 0.3) is 0 Å². The van der Waals surface area contributed by atoms with Crippen LogP contribution in [0.2, 0.25) is 0 Å². The molecule has 0 aliphatic carbocycles. The van der Waals surface area contributed by atoms with Gasteiger partial charge in [0.2, 0.25) is 0 Å². The van der Waals surface area contributed by atoms with Crippen molar-refractivity contribution in [2.24, 2.45) is 11.8 Å². The van der Waals surface area contributed by atoms with E-state index in [-0.39, 0.29) is 11.9 Å². The van der Waals surface area contributed by atoms with Crippen LogP contribution in [-0.2, 0) is 9.47 Å². The summed E-state index contributed by atoms with van der Waals surface area (Å²) in [4.78, 5) is 24.6.